The molecule has 0 spiro atoms. The van der Waals surface area contributed by atoms with Gasteiger partial charge in [-0.05, 0) is 12.8 Å². The van der Waals surface area contributed by atoms with E-state index in [-0.39, 0.29) is 32.6 Å². The van der Waals surface area contributed by atoms with E-state index < -0.39 is 32.5 Å². The van der Waals surface area contributed by atoms with Crippen LogP contribution in [0.15, 0.2) is 0 Å². The molecule has 0 rings (SSSR count). The van der Waals surface area contributed by atoms with E-state index >= 15 is 0 Å². The van der Waals surface area contributed by atoms with Gasteiger partial charge in [-0.25, -0.2) is 4.57 Å². The van der Waals surface area contributed by atoms with E-state index in [9.17, 15) is 19.0 Å². The summed E-state index contributed by atoms with van der Waals surface area (Å²) in [6, 6.07) is 0. The molecule has 3 N–H and O–H groups in total. The summed E-state index contributed by atoms with van der Waals surface area (Å²) in [4.78, 5) is 33.3. The highest BCUT2D eigenvalue weighted by molar-refractivity contribution is 7.47. The van der Waals surface area contributed by atoms with Crippen molar-refractivity contribution in [2.45, 2.75) is 84.2 Å². The van der Waals surface area contributed by atoms with Crippen molar-refractivity contribution in [2.75, 3.05) is 26.4 Å². The summed E-state index contributed by atoms with van der Waals surface area (Å²) in [6.07, 6.45) is 7.21. The molecule has 0 aliphatic heterocycles. The predicted molar refractivity (Wildman–Crippen MR) is 109 cm³/mol. The van der Waals surface area contributed by atoms with Crippen LogP contribution in [-0.4, -0.2) is 49.3 Å². The molecule has 172 valence electrons. The number of ether oxygens (including phenoxy) is 2. The second-order valence-electron chi connectivity index (χ2n) is 6.80. The Morgan fingerprint density at radius 2 is 1.52 bits per heavy atom. The number of phosphoric ester groups is 1. The topological polar surface area (TPSA) is 134 Å². The van der Waals surface area contributed by atoms with E-state index in [4.69, 9.17) is 19.7 Å². The van der Waals surface area contributed by atoms with Gasteiger partial charge < -0.3 is 20.1 Å². The molecule has 0 saturated heterocycles. The molecule has 2 atom stereocenters. The van der Waals surface area contributed by atoms with Gasteiger partial charge in [0.05, 0.1) is 13.2 Å². The second-order valence-corrected chi connectivity index (χ2v) is 8.26. The van der Waals surface area contributed by atoms with Gasteiger partial charge in [0.2, 0.25) is 0 Å². The second kappa shape index (κ2) is 17.8. The van der Waals surface area contributed by atoms with Crippen molar-refractivity contribution in [1.82, 2.24) is 0 Å². The highest BCUT2D eigenvalue weighted by Gasteiger charge is 2.25. The minimum atomic E-state index is -4.32. The van der Waals surface area contributed by atoms with Crippen LogP contribution in [0, 0.1) is 0 Å². The molecule has 0 fully saturated rings. The first kappa shape index (κ1) is 28.0. The molecule has 1 unspecified atom stereocenters. The monoisotopic (exact) mass is 439 g/mol. The Morgan fingerprint density at radius 3 is 2.17 bits per heavy atom. The van der Waals surface area contributed by atoms with Gasteiger partial charge in [0.15, 0.2) is 6.10 Å². The van der Waals surface area contributed by atoms with Crippen LogP contribution in [-0.2, 0) is 32.7 Å². The molecule has 0 radical (unpaired) electrons. The molecule has 0 aromatic heterocycles. The summed E-state index contributed by atoms with van der Waals surface area (Å²) >= 11 is 0. The van der Waals surface area contributed by atoms with Crippen LogP contribution < -0.4 is 5.73 Å². The Labute approximate surface area is 174 Å². The summed E-state index contributed by atoms with van der Waals surface area (Å²) in [5, 5.41) is 0. The Hall–Kier alpha value is -0.990. The maximum atomic E-state index is 12.1. The normalized spacial score (nSPS) is 14.2. The molecular formula is C19H38NO8P. The molecule has 0 aliphatic rings. The number of rotatable bonds is 19. The van der Waals surface area contributed by atoms with Crippen LogP contribution in [0.4, 0.5) is 0 Å². The Bertz CT molecular complexity index is 489. The average molecular weight is 439 g/mol. The standard InChI is InChI=1S/C19H38NO8P/c1-3-5-7-8-9-10-12-19(22)28-17(15-25-18(21)11-6-4-2)16-27-29(23,24)26-14-13-20/h17H,3-16,20H2,1-2H3,(H,23,24)/t17-/m1/s1. The Kier molecular flexibility index (Phi) is 17.2. The lowest BCUT2D eigenvalue weighted by atomic mass is 10.1. The van der Waals surface area contributed by atoms with E-state index in [1.54, 1.807) is 0 Å². The summed E-state index contributed by atoms with van der Waals surface area (Å²) in [7, 11) is -4.32. The van der Waals surface area contributed by atoms with E-state index in [0.717, 1.165) is 32.1 Å². The summed E-state index contributed by atoms with van der Waals surface area (Å²) < 4.78 is 31.6. The predicted octanol–water partition coefficient (Wildman–Crippen LogP) is 3.47. The number of carbonyl (C=O) groups excluding carboxylic acids is 2. The van der Waals surface area contributed by atoms with Crippen LogP contribution in [0.3, 0.4) is 0 Å². The fourth-order valence-electron chi connectivity index (χ4n) is 2.37. The number of esters is 2. The zero-order valence-corrected chi connectivity index (χ0v) is 18.7. The van der Waals surface area contributed by atoms with Gasteiger partial charge in [-0.3, -0.25) is 18.6 Å². The molecule has 10 heteroatoms. The van der Waals surface area contributed by atoms with Crippen molar-refractivity contribution in [2.24, 2.45) is 5.73 Å². The molecule has 0 heterocycles. The molecule has 0 aromatic rings. The van der Waals surface area contributed by atoms with Gasteiger partial charge in [0, 0.05) is 19.4 Å². The van der Waals surface area contributed by atoms with Crippen molar-refractivity contribution >= 4 is 19.8 Å². The molecule has 29 heavy (non-hydrogen) atoms. The smallest absolute Gasteiger partial charge is 0.462 e. The molecule has 0 aliphatic carbocycles. The fraction of sp³-hybridized carbons (Fsp3) is 0.895. The molecule has 9 nitrogen and oxygen atoms in total. The van der Waals surface area contributed by atoms with E-state index in [0.29, 0.717) is 12.8 Å². The minimum Gasteiger partial charge on any atom is -0.462 e. The van der Waals surface area contributed by atoms with Gasteiger partial charge in [0.25, 0.3) is 0 Å². The van der Waals surface area contributed by atoms with Gasteiger partial charge in [-0.2, -0.15) is 0 Å². The lowest BCUT2D eigenvalue weighted by Crippen LogP contribution is -2.29. The zero-order chi connectivity index (χ0) is 22.0. The number of hydrogen-bond donors (Lipinski definition) is 2. The molecule has 0 aromatic carbocycles. The number of carbonyl (C=O) groups is 2. The highest BCUT2D eigenvalue weighted by Crippen LogP contribution is 2.43. The summed E-state index contributed by atoms with van der Waals surface area (Å²) in [6.45, 7) is 3.32. The van der Waals surface area contributed by atoms with Crippen molar-refractivity contribution in [3.8, 4) is 0 Å². The zero-order valence-electron chi connectivity index (χ0n) is 17.8. The number of phosphoric acid groups is 1. The van der Waals surface area contributed by atoms with Gasteiger partial charge in [0.1, 0.15) is 6.61 Å². The third-order valence-electron chi connectivity index (χ3n) is 3.99. The Balaban J connectivity index is 4.47. The molecule has 0 bridgehead atoms. The van der Waals surface area contributed by atoms with Gasteiger partial charge in [-0.15, -0.1) is 0 Å². The first-order valence-electron chi connectivity index (χ1n) is 10.5. The number of hydrogen-bond acceptors (Lipinski definition) is 8. The van der Waals surface area contributed by atoms with Crippen LogP contribution in [0.5, 0.6) is 0 Å². The molecular weight excluding hydrogens is 401 g/mol. The molecule has 0 saturated carbocycles. The quantitative estimate of drug-likeness (QED) is 0.176. The van der Waals surface area contributed by atoms with E-state index in [1.165, 1.54) is 6.42 Å². The maximum Gasteiger partial charge on any atom is 0.472 e. The van der Waals surface area contributed by atoms with Gasteiger partial charge >= 0.3 is 19.8 Å². The van der Waals surface area contributed by atoms with Crippen LogP contribution >= 0.6 is 7.82 Å². The first-order chi connectivity index (χ1) is 13.8. The largest absolute Gasteiger partial charge is 0.472 e. The van der Waals surface area contributed by atoms with Crippen LogP contribution in [0.25, 0.3) is 0 Å². The van der Waals surface area contributed by atoms with Crippen LogP contribution in [0.2, 0.25) is 0 Å². The number of unbranched alkanes of at least 4 members (excludes halogenated alkanes) is 6. The Morgan fingerprint density at radius 1 is 0.897 bits per heavy atom. The SMILES string of the molecule is CCCCCCCCC(=O)O[C@H](COC(=O)CCCC)COP(=O)(O)OCCN. The van der Waals surface area contributed by atoms with Crippen LogP contribution in [0.1, 0.15) is 78.1 Å². The number of nitrogens with two attached hydrogens (primary N) is 1. The van der Waals surface area contributed by atoms with Crippen molar-refractivity contribution in [1.29, 1.82) is 0 Å². The lowest BCUT2D eigenvalue weighted by molar-refractivity contribution is -0.161. The first-order valence-corrected chi connectivity index (χ1v) is 12.0. The average Bonchev–Trinajstić information content (AvgIpc) is 2.69. The minimum absolute atomic E-state index is 0.0552. The van der Waals surface area contributed by atoms with E-state index in [2.05, 4.69) is 11.4 Å². The van der Waals surface area contributed by atoms with Crippen molar-refractivity contribution < 1.29 is 37.6 Å². The fourth-order valence-corrected chi connectivity index (χ4v) is 3.14. The maximum absolute atomic E-state index is 12.1. The van der Waals surface area contributed by atoms with Crippen molar-refractivity contribution in [3.05, 3.63) is 0 Å². The lowest BCUT2D eigenvalue weighted by Gasteiger charge is -2.19. The molecule has 0 amide bonds. The third kappa shape index (κ3) is 17.6. The van der Waals surface area contributed by atoms with Gasteiger partial charge in [-0.1, -0.05) is 52.4 Å². The highest BCUT2D eigenvalue weighted by atomic mass is 31.2. The third-order valence-corrected chi connectivity index (χ3v) is 4.98. The summed E-state index contributed by atoms with van der Waals surface area (Å²) in [5.74, 6) is -0.885. The van der Waals surface area contributed by atoms with Crippen molar-refractivity contribution in [3.63, 3.8) is 0 Å². The van der Waals surface area contributed by atoms with E-state index in [1.807, 2.05) is 6.92 Å². The summed E-state index contributed by atoms with van der Waals surface area (Å²) in [5.41, 5.74) is 5.22.